The van der Waals surface area contributed by atoms with Gasteiger partial charge in [-0.2, -0.15) is 0 Å². The summed E-state index contributed by atoms with van der Waals surface area (Å²) in [4.78, 5) is 16.4. The Labute approximate surface area is 230 Å². The Morgan fingerprint density at radius 3 is 2.41 bits per heavy atom. The maximum absolute atomic E-state index is 14.5. The molecule has 1 amide bonds. The Morgan fingerprint density at radius 2 is 1.73 bits per heavy atom. The van der Waals surface area contributed by atoms with Crippen LogP contribution in [-0.4, -0.2) is 28.3 Å². The zero-order valence-corrected chi connectivity index (χ0v) is 23.5. The van der Waals surface area contributed by atoms with Crippen molar-refractivity contribution in [2.75, 3.05) is 12.0 Å². The molecule has 0 aliphatic carbocycles. The number of hydrogen-bond acceptors (Lipinski definition) is 6. The molecule has 8 heteroatoms. The van der Waals surface area contributed by atoms with Crippen molar-refractivity contribution in [1.29, 1.82) is 0 Å². The maximum atomic E-state index is 14.5. The molecule has 4 aromatic rings. The van der Waals surface area contributed by atoms with Crippen LogP contribution in [0.3, 0.4) is 0 Å². The van der Waals surface area contributed by atoms with Crippen molar-refractivity contribution < 1.29 is 9.53 Å². The standard InChI is InChI=1S/C29H27N3O2S3/c1-19-18-29(2,3)31(24-16-15-22(34-4)17-23(19)24)26(33)25(20-11-7-5-8-12-20)36-27-30-32(28(35)37-27)21-13-9-6-10-14-21/h5-18,25H,1-4H3/t25-/m1/s1. The molecule has 1 aliphatic rings. The minimum Gasteiger partial charge on any atom is -0.497 e. The molecule has 1 aliphatic heterocycles. The van der Waals surface area contributed by atoms with Crippen molar-refractivity contribution in [3.8, 4) is 11.4 Å². The summed E-state index contributed by atoms with van der Waals surface area (Å²) in [6, 6.07) is 25.6. The lowest BCUT2D eigenvalue weighted by molar-refractivity contribution is -0.119. The highest BCUT2D eigenvalue weighted by atomic mass is 32.2. The lowest BCUT2D eigenvalue weighted by Crippen LogP contribution is -2.50. The van der Waals surface area contributed by atoms with Crippen molar-refractivity contribution in [3.05, 3.63) is 100 Å². The van der Waals surface area contributed by atoms with Gasteiger partial charge in [0.05, 0.1) is 24.0 Å². The van der Waals surface area contributed by atoms with Gasteiger partial charge in [-0.1, -0.05) is 77.7 Å². The third kappa shape index (κ3) is 5.01. The average Bonchev–Trinajstić information content (AvgIpc) is 3.27. The minimum atomic E-state index is -0.521. The number of aromatic nitrogens is 2. The first-order valence-corrected chi connectivity index (χ1v) is 14.0. The van der Waals surface area contributed by atoms with E-state index in [1.807, 2.05) is 83.8 Å². The van der Waals surface area contributed by atoms with Crippen molar-refractivity contribution in [1.82, 2.24) is 9.78 Å². The van der Waals surface area contributed by atoms with Crippen molar-refractivity contribution in [2.45, 2.75) is 35.9 Å². The van der Waals surface area contributed by atoms with Gasteiger partial charge in [0, 0.05) is 5.56 Å². The smallest absolute Gasteiger partial charge is 0.245 e. The monoisotopic (exact) mass is 545 g/mol. The molecule has 0 N–H and O–H groups in total. The van der Waals surface area contributed by atoms with Gasteiger partial charge in [0.2, 0.25) is 5.91 Å². The van der Waals surface area contributed by atoms with Gasteiger partial charge in [0.15, 0.2) is 8.29 Å². The predicted molar refractivity (Wildman–Crippen MR) is 156 cm³/mol. The first-order chi connectivity index (χ1) is 17.8. The van der Waals surface area contributed by atoms with Gasteiger partial charge >= 0.3 is 0 Å². The van der Waals surface area contributed by atoms with E-state index in [2.05, 4.69) is 26.8 Å². The molecule has 1 atom stereocenters. The number of carbonyl (C=O) groups is 1. The maximum Gasteiger partial charge on any atom is 0.245 e. The van der Waals surface area contributed by atoms with Gasteiger partial charge in [0.25, 0.3) is 0 Å². The molecule has 3 aromatic carbocycles. The fraction of sp³-hybridized carbons (Fsp3) is 0.207. The van der Waals surface area contributed by atoms with Gasteiger partial charge < -0.3 is 9.64 Å². The number of fused-ring (bicyclic) bond motifs is 1. The fourth-order valence-electron chi connectivity index (χ4n) is 4.69. The van der Waals surface area contributed by atoms with Gasteiger partial charge in [0.1, 0.15) is 11.0 Å². The molecule has 5 rings (SSSR count). The second-order valence-electron chi connectivity index (χ2n) is 9.33. The van der Waals surface area contributed by atoms with Crippen LogP contribution in [0, 0.1) is 3.95 Å². The Kier molecular flexibility index (Phi) is 7.07. The summed E-state index contributed by atoms with van der Waals surface area (Å²) in [5.74, 6) is 0.752. The van der Waals surface area contributed by atoms with E-state index in [0.29, 0.717) is 3.95 Å². The van der Waals surface area contributed by atoms with Crippen LogP contribution in [0.25, 0.3) is 11.3 Å². The zero-order valence-electron chi connectivity index (χ0n) is 21.0. The number of carbonyl (C=O) groups excluding carboxylic acids is 1. The molecule has 0 unspecified atom stereocenters. The SMILES string of the molecule is COc1ccc2c(c1)C(C)=CC(C)(C)N2C(=O)[C@H](Sc1nn(-c2ccccc2)c(=S)s1)c1ccccc1. The highest BCUT2D eigenvalue weighted by molar-refractivity contribution is 8.02. The number of benzene rings is 3. The van der Waals surface area contributed by atoms with E-state index in [4.69, 9.17) is 22.1 Å². The van der Waals surface area contributed by atoms with Crippen LogP contribution in [0.1, 0.15) is 37.1 Å². The summed E-state index contributed by atoms with van der Waals surface area (Å²) in [6.07, 6.45) is 2.15. The summed E-state index contributed by atoms with van der Waals surface area (Å²) in [5.41, 5.74) is 4.28. The van der Waals surface area contributed by atoms with Crippen LogP contribution in [0.15, 0.2) is 89.3 Å². The first kappa shape index (κ1) is 25.4. The summed E-state index contributed by atoms with van der Waals surface area (Å²) >= 11 is 8.49. The lowest BCUT2D eigenvalue weighted by Gasteiger charge is -2.43. The number of methoxy groups -OCH3 is 1. The van der Waals surface area contributed by atoms with Crippen LogP contribution in [-0.2, 0) is 4.79 Å². The van der Waals surface area contributed by atoms with E-state index in [0.717, 1.165) is 38.2 Å². The molecule has 0 fully saturated rings. The number of anilines is 1. The van der Waals surface area contributed by atoms with E-state index < -0.39 is 10.8 Å². The molecule has 0 saturated carbocycles. The molecular weight excluding hydrogens is 519 g/mol. The number of ether oxygens (including phenoxy) is 1. The molecule has 188 valence electrons. The van der Waals surface area contributed by atoms with Gasteiger partial charge in [-0.3, -0.25) is 4.79 Å². The molecule has 0 spiro atoms. The summed E-state index contributed by atoms with van der Waals surface area (Å²) < 4.78 is 8.61. The number of thioether (sulfide) groups is 1. The topological polar surface area (TPSA) is 47.4 Å². The average molecular weight is 546 g/mol. The molecule has 0 saturated heterocycles. The predicted octanol–water partition coefficient (Wildman–Crippen LogP) is 7.73. The molecule has 5 nitrogen and oxygen atoms in total. The number of allylic oxidation sites excluding steroid dienone is 1. The molecule has 1 aromatic heterocycles. The van der Waals surface area contributed by atoms with E-state index in [1.54, 1.807) is 11.8 Å². The highest BCUT2D eigenvalue weighted by Gasteiger charge is 2.40. The molecule has 0 radical (unpaired) electrons. The summed E-state index contributed by atoms with van der Waals surface area (Å²) in [5, 5.41) is 4.28. The first-order valence-electron chi connectivity index (χ1n) is 11.9. The van der Waals surface area contributed by atoms with E-state index in [9.17, 15) is 4.79 Å². The van der Waals surface area contributed by atoms with Gasteiger partial charge in [-0.25, -0.2) is 4.68 Å². The van der Waals surface area contributed by atoms with Crippen molar-refractivity contribution >= 4 is 52.5 Å². The second kappa shape index (κ2) is 10.3. The summed E-state index contributed by atoms with van der Waals surface area (Å²) in [7, 11) is 1.65. The Morgan fingerprint density at radius 1 is 1.05 bits per heavy atom. The second-order valence-corrected chi connectivity index (χ2v) is 12.3. The minimum absolute atomic E-state index is 0.0104. The van der Waals surface area contributed by atoms with Gasteiger partial charge in [-0.05, 0) is 74.5 Å². The van der Waals surface area contributed by atoms with Crippen LogP contribution < -0.4 is 9.64 Å². The number of rotatable bonds is 6. The Balaban J connectivity index is 1.57. The zero-order chi connectivity index (χ0) is 26.2. The van der Waals surface area contributed by atoms with E-state index >= 15 is 0 Å². The van der Waals surface area contributed by atoms with E-state index in [-0.39, 0.29) is 5.91 Å². The number of nitrogens with zero attached hydrogens (tertiary/aromatic N) is 3. The molecule has 0 bridgehead atoms. The molecular formula is C29H27N3O2S3. The molecule has 37 heavy (non-hydrogen) atoms. The number of amides is 1. The quantitative estimate of drug-likeness (QED) is 0.183. The van der Waals surface area contributed by atoms with Crippen LogP contribution in [0.4, 0.5) is 5.69 Å². The summed E-state index contributed by atoms with van der Waals surface area (Å²) in [6.45, 7) is 6.22. The third-order valence-electron chi connectivity index (χ3n) is 6.31. The highest BCUT2D eigenvalue weighted by Crippen LogP contribution is 2.45. The number of hydrogen-bond donors (Lipinski definition) is 0. The van der Waals surface area contributed by atoms with Crippen molar-refractivity contribution in [2.24, 2.45) is 0 Å². The largest absolute Gasteiger partial charge is 0.497 e. The van der Waals surface area contributed by atoms with Gasteiger partial charge in [-0.15, -0.1) is 5.10 Å². The third-order valence-corrected chi connectivity index (χ3v) is 8.87. The van der Waals surface area contributed by atoms with E-state index in [1.165, 1.54) is 23.1 Å². The van der Waals surface area contributed by atoms with Crippen LogP contribution in [0.5, 0.6) is 5.75 Å². The Bertz CT molecular complexity index is 1530. The normalized spacial score (nSPS) is 15.0. The number of para-hydroxylation sites is 1. The fourth-order valence-corrected chi connectivity index (χ4v) is 7.28. The lowest BCUT2D eigenvalue weighted by atomic mass is 9.88. The Hall–Kier alpha value is -3.20. The van der Waals surface area contributed by atoms with Crippen molar-refractivity contribution in [3.63, 3.8) is 0 Å². The van der Waals surface area contributed by atoms with Crippen LogP contribution in [0.2, 0.25) is 0 Å². The van der Waals surface area contributed by atoms with Crippen LogP contribution >= 0.6 is 35.3 Å². The molecule has 2 heterocycles.